The first-order valence-corrected chi connectivity index (χ1v) is 19.0. The molecule has 0 aromatic heterocycles. The molecule has 4 atom stereocenters. The van der Waals surface area contributed by atoms with E-state index in [2.05, 4.69) is 16.8 Å². The number of nitrogens with zero attached hydrogens (tertiary/aromatic N) is 4. The largest absolute Gasteiger partial charge is 0.383 e. The van der Waals surface area contributed by atoms with Gasteiger partial charge in [0.05, 0.1) is 11.4 Å². The van der Waals surface area contributed by atoms with Crippen LogP contribution >= 0.6 is 0 Å². The Morgan fingerprint density at radius 3 is 2.35 bits per heavy atom. The fourth-order valence-corrected chi connectivity index (χ4v) is 9.55. The van der Waals surface area contributed by atoms with Crippen molar-refractivity contribution in [1.82, 2.24) is 24.3 Å². The van der Waals surface area contributed by atoms with Gasteiger partial charge in [0.15, 0.2) is 0 Å². The van der Waals surface area contributed by atoms with Crippen molar-refractivity contribution in [2.75, 3.05) is 40.3 Å². The van der Waals surface area contributed by atoms with Crippen LogP contribution in [0.5, 0.6) is 0 Å². The first kappa shape index (κ1) is 35.5. The van der Waals surface area contributed by atoms with E-state index in [0.29, 0.717) is 25.2 Å². The lowest BCUT2D eigenvalue weighted by Gasteiger charge is -2.45. The summed E-state index contributed by atoms with van der Waals surface area (Å²) in [5, 5.41) is 15.3. The van der Waals surface area contributed by atoms with E-state index in [1.807, 2.05) is 9.80 Å². The van der Waals surface area contributed by atoms with Crippen molar-refractivity contribution in [1.29, 1.82) is 0 Å². The Bertz CT molecular complexity index is 1620. The van der Waals surface area contributed by atoms with E-state index in [-0.39, 0.29) is 59.9 Å². The fraction of sp³-hybridized carbons (Fsp3) is 0.568. The van der Waals surface area contributed by atoms with Crippen molar-refractivity contribution in [2.24, 2.45) is 11.8 Å². The minimum Gasteiger partial charge on any atom is -0.383 e. The molecular weight excluding hydrogens is 646 g/mol. The predicted molar refractivity (Wildman–Crippen MR) is 185 cm³/mol. The van der Waals surface area contributed by atoms with Gasteiger partial charge in [-0.2, -0.15) is 0 Å². The number of rotatable bonds is 11. The van der Waals surface area contributed by atoms with Gasteiger partial charge in [-0.25, -0.2) is 21.9 Å². The Hall–Kier alpha value is -3.32. The summed E-state index contributed by atoms with van der Waals surface area (Å²) in [5.74, 6) is -0.563. The molecule has 3 aliphatic heterocycles. The van der Waals surface area contributed by atoms with Crippen LogP contribution < -0.4 is 5.32 Å². The molecule has 10 nitrogen and oxygen atoms in total. The van der Waals surface area contributed by atoms with E-state index in [0.717, 1.165) is 56.9 Å². The van der Waals surface area contributed by atoms with E-state index >= 15 is 0 Å². The number of likely N-dealkylation sites (tertiary alicyclic amines) is 1. The normalized spacial score (nSPS) is 27.5. The van der Waals surface area contributed by atoms with E-state index < -0.39 is 21.4 Å². The molecule has 3 heterocycles. The molecular formula is C37H50FN5O5S. The number of hydrogen-bond donors (Lipinski definition) is 2. The molecule has 1 aliphatic carbocycles. The van der Waals surface area contributed by atoms with Gasteiger partial charge in [-0.15, -0.1) is 6.58 Å². The highest BCUT2D eigenvalue weighted by Gasteiger charge is 2.52. The molecule has 3 saturated heterocycles. The summed E-state index contributed by atoms with van der Waals surface area (Å²) in [6.45, 7) is 5.76. The Morgan fingerprint density at radius 1 is 1.06 bits per heavy atom. The number of β-amino-alcohol motifs (C(OH)–C–C–N with tert-alkyl or cyclic N) is 1. The first-order chi connectivity index (χ1) is 23.4. The maximum atomic E-state index is 14.4. The van der Waals surface area contributed by atoms with Gasteiger partial charge in [-0.05, 0) is 73.9 Å². The zero-order valence-corrected chi connectivity index (χ0v) is 29.5. The maximum absolute atomic E-state index is 14.4. The topological polar surface area (TPSA) is 113 Å². The van der Waals surface area contributed by atoms with Gasteiger partial charge >= 0.3 is 6.03 Å². The Balaban J connectivity index is 1.12. The Labute approximate surface area is 290 Å². The van der Waals surface area contributed by atoms with Gasteiger partial charge in [0.2, 0.25) is 15.9 Å². The molecule has 2 aromatic carbocycles. The lowest BCUT2D eigenvalue weighted by Crippen LogP contribution is -2.55. The van der Waals surface area contributed by atoms with Crippen LogP contribution in [0.2, 0.25) is 0 Å². The molecule has 4 fully saturated rings. The molecule has 4 aliphatic rings. The average Bonchev–Trinajstić information content (AvgIpc) is 3.79. The molecule has 266 valence electrons. The number of carbonyl (C=O) groups is 2. The Kier molecular flexibility index (Phi) is 10.5. The van der Waals surface area contributed by atoms with Crippen LogP contribution in [0.15, 0.2) is 66.1 Å². The number of hydrogen-bond acceptors (Lipinski definition) is 6. The number of sulfonamides is 1. The van der Waals surface area contributed by atoms with Crippen molar-refractivity contribution in [3.05, 3.63) is 78.1 Å². The standard InChI is InChI=1S/C37H50FN5O5S/c1-4-18-42(36(45)39-22-26-12-16-34(17-13-26)49(47,48)40(2)3)33-20-31-14-15-32(21-33)43(31)24-29-23-41(35(44)27-8-5-6-9-27)25-37(29,46)28-10-7-11-30(38)19-28/h4,7,10-13,16-17,19,27,29,31-33,46H,1,5-6,8-9,14-15,18,20-25H2,2-3H3,(H,39,45)/t29-,31?,32?,33?,37+/m1/s1. The summed E-state index contributed by atoms with van der Waals surface area (Å²) >= 11 is 0. The molecule has 0 radical (unpaired) electrons. The number of aliphatic hydroxyl groups is 1. The number of nitrogens with one attached hydrogen (secondary N) is 1. The first-order valence-electron chi connectivity index (χ1n) is 17.6. The third kappa shape index (κ3) is 7.29. The van der Waals surface area contributed by atoms with Crippen molar-refractivity contribution >= 4 is 22.0 Å². The van der Waals surface area contributed by atoms with Gasteiger partial charge in [-0.1, -0.05) is 43.2 Å². The van der Waals surface area contributed by atoms with E-state index in [1.165, 1.54) is 30.5 Å². The molecule has 6 rings (SSSR count). The maximum Gasteiger partial charge on any atom is 0.318 e. The van der Waals surface area contributed by atoms with Crippen LogP contribution in [-0.4, -0.2) is 103 Å². The van der Waals surface area contributed by atoms with Gasteiger partial charge in [0, 0.05) is 70.2 Å². The minimum absolute atomic E-state index is 0.00278. The van der Waals surface area contributed by atoms with Crippen molar-refractivity contribution in [2.45, 2.75) is 86.5 Å². The van der Waals surface area contributed by atoms with Crippen LogP contribution in [0.1, 0.15) is 62.5 Å². The molecule has 0 spiro atoms. The number of amides is 3. The highest BCUT2D eigenvalue weighted by atomic mass is 32.2. The summed E-state index contributed by atoms with van der Waals surface area (Å²) in [6, 6.07) is 12.9. The predicted octanol–water partition coefficient (Wildman–Crippen LogP) is 4.31. The highest BCUT2D eigenvalue weighted by molar-refractivity contribution is 7.89. The van der Waals surface area contributed by atoms with Gasteiger partial charge in [-0.3, -0.25) is 9.69 Å². The van der Waals surface area contributed by atoms with Crippen molar-refractivity contribution in [3.63, 3.8) is 0 Å². The molecule has 2 bridgehead atoms. The summed E-state index contributed by atoms with van der Waals surface area (Å²) < 4.78 is 40.4. The zero-order chi connectivity index (χ0) is 34.9. The van der Waals surface area contributed by atoms with E-state index in [9.17, 15) is 27.5 Å². The lowest BCUT2D eigenvalue weighted by atomic mass is 9.82. The monoisotopic (exact) mass is 695 g/mol. The molecule has 1 saturated carbocycles. The SMILES string of the molecule is C=CCN(C(=O)NCc1ccc(S(=O)(=O)N(C)C)cc1)C1CC2CCC(C1)N2C[C@H]1CN(C(=O)C2CCCC2)C[C@]1(O)c1cccc(F)c1. The van der Waals surface area contributed by atoms with E-state index in [4.69, 9.17) is 0 Å². The lowest BCUT2D eigenvalue weighted by molar-refractivity contribution is -0.135. The number of carbonyl (C=O) groups excluding carboxylic acids is 2. The zero-order valence-electron chi connectivity index (χ0n) is 28.6. The molecule has 49 heavy (non-hydrogen) atoms. The summed E-state index contributed by atoms with van der Waals surface area (Å²) in [4.78, 5) is 33.4. The smallest absolute Gasteiger partial charge is 0.318 e. The number of fused-ring (bicyclic) bond motifs is 2. The highest BCUT2D eigenvalue weighted by Crippen LogP contribution is 2.44. The second-order valence-electron chi connectivity index (χ2n) is 14.6. The fourth-order valence-electron chi connectivity index (χ4n) is 8.65. The van der Waals surface area contributed by atoms with Gasteiger partial charge < -0.3 is 20.2 Å². The van der Waals surface area contributed by atoms with Gasteiger partial charge in [0.1, 0.15) is 11.4 Å². The van der Waals surface area contributed by atoms with Crippen LogP contribution in [0.25, 0.3) is 0 Å². The van der Waals surface area contributed by atoms with Crippen molar-refractivity contribution in [3.8, 4) is 0 Å². The number of piperidine rings is 1. The van der Waals surface area contributed by atoms with Crippen LogP contribution in [0, 0.1) is 17.7 Å². The molecule has 2 unspecified atom stereocenters. The summed E-state index contributed by atoms with van der Waals surface area (Å²) in [7, 11) is -0.555. The van der Waals surface area contributed by atoms with Gasteiger partial charge in [0.25, 0.3) is 0 Å². The van der Waals surface area contributed by atoms with Crippen LogP contribution in [0.3, 0.4) is 0 Å². The van der Waals surface area contributed by atoms with Crippen LogP contribution in [0.4, 0.5) is 9.18 Å². The van der Waals surface area contributed by atoms with Crippen molar-refractivity contribution < 1.29 is 27.5 Å². The second kappa shape index (κ2) is 14.5. The summed E-state index contributed by atoms with van der Waals surface area (Å²) in [5.41, 5.74) is -0.0393. The summed E-state index contributed by atoms with van der Waals surface area (Å²) in [6.07, 6.45) is 9.16. The number of urea groups is 1. The molecule has 2 aromatic rings. The third-order valence-electron chi connectivity index (χ3n) is 11.4. The molecule has 12 heteroatoms. The number of benzene rings is 2. The Morgan fingerprint density at radius 2 is 1.73 bits per heavy atom. The number of halogens is 1. The quantitative estimate of drug-likeness (QED) is 0.339. The molecule has 3 amide bonds. The molecule has 2 N–H and O–H groups in total. The average molecular weight is 696 g/mol. The van der Waals surface area contributed by atoms with Crippen LogP contribution in [-0.2, 0) is 27.0 Å². The van der Waals surface area contributed by atoms with E-state index in [1.54, 1.807) is 42.5 Å². The third-order valence-corrected chi connectivity index (χ3v) is 13.2. The minimum atomic E-state index is -3.53. The second-order valence-corrected chi connectivity index (χ2v) is 16.7.